The van der Waals surface area contributed by atoms with Crippen molar-refractivity contribution >= 4 is 22.3 Å². The van der Waals surface area contributed by atoms with Crippen LogP contribution in [0.3, 0.4) is 0 Å². The van der Waals surface area contributed by atoms with Gasteiger partial charge in [-0.25, -0.2) is 0 Å². The van der Waals surface area contributed by atoms with Gasteiger partial charge in [-0.2, -0.15) is 0 Å². The van der Waals surface area contributed by atoms with Crippen LogP contribution in [-0.4, -0.2) is 11.5 Å². The smallest absolute Gasteiger partial charge is 0.0743 e. The quantitative estimate of drug-likeness (QED) is 0.869. The second-order valence-corrected chi connectivity index (χ2v) is 6.33. The van der Waals surface area contributed by atoms with Gasteiger partial charge in [0.1, 0.15) is 0 Å². The van der Waals surface area contributed by atoms with Crippen LogP contribution in [0.25, 0.3) is 10.9 Å². The Hall–Kier alpha value is -1.77. The third-order valence-corrected chi connectivity index (χ3v) is 4.77. The monoisotopic (exact) mass is 267 g/mol. The minimum Gasteiger partial charge on any atom is -0.396 e. The zero-order valence-corrected chi connectivity index (χ0v) is 11.7. The van der Waals surface area contributed by atoms with Crippen LogP contribution in [0.1, 0.15) is 25.7 Å². The molecule has 3 N–H and O–H groups in total. The van der Waals surface area contributed by atoms with Crippen molar-refractivity contribution in [2.45, 2.75) is 25.7 Å². The molecule has 0 bridgehead atoms. The molecule has 4 rings (SSSR count). The summed E-state index contributed by atoms with van der Waals surface area (Å²) >= 11 is 0. The van der Waals surface area contributed by atoms with Gasteiger partial charge in [0, 0.05) is 11.9 Å². The number of hydrogen-bond donors (Lipinski definition) is 2. The molecule has 104 valence electrons. The fourth-order valence-corrected chi connectivity index (χ4v) is 3.34. The number of benzene rings is 1. The lowest BCUT2D eigenvalue weighted by Crippen LogP contribution is -2.19. The van der Waals surface area contributed by atoms with Crippen molar-refractivity contribution in [1.82, 2.24) is 4.98 Å². The van der Waals surface area contributed by atoms with E-state index in [2.05, 4.69) is 16.4 Å². The average Bonchev–Trinajstić information content (AvgIpc) is 3.35. The third kappa shape index (κ3) is 2.21. The molecular formula is C17H21N3. The van der Waals surface area contributed by atoms with Crippen LogP contribution in [0.4, 0.5) is 11.4 Å². The maximum atomic E-state index is 6.13. The van der Waals surface area contributed by atoms with Crippen molar-refractivity contribution in [2.75, 3.05) is 17.6 Å². The molecule has 2 aromatic rings. The summed E-state index contributed by atoms with van der Waals surface area (Å²) in [6.45, 7) is 1.06. The highest BCUT2D eigenvalue weighted by Crippen LogP contribution is 2.49. The van der Waals surface area contributed by atoms with Crippen molar-refractivity contribution in [1.29, 1.82) is 0 Å². The van der Waals surface area contributed by atoms with Crippen molar-refractivity contribution in [3.8, 4) is 0 Å². The molecule has 2 aliphatic carbocycles. The normalized spacial score (nSPS) is 18.6. The summed E-state index contributed by atoms with van der Waals surface area (Å²) < 4.78 is 0. The zero-order chi connectivity index (χ0) is 13.5. The highest BCUT2D eigenvalue weighted by Gasteiger charge is 2.41. The van der Waals surface area contributed by atoms with E-state index in [1.54, 1.807) is 6.20 Å². The van der Waals surface area contributed by atoms with Gasteiger partial charge in [0.15, 0.2) is 0 Å². The van der Waals surface area contributed by atoms with Gasteiger partial charge in [0.05, 0.1) is 23.1 Å². The van der Waals surface area contributed by atoms with Crippen LogP contribution in [0.5, 0.6) is 0 Å². The fourth-order valence-electron chi connectivity index (χ4n) is 3.34. The molecule has 2 saturated carbocycles. The molecule has 1 heterocycles. The standard InChI is InChI=1S/C17H21N3/c18-15-10-19-16-4-2-1-3-13(16)17(15)20-9-14(11-5-6-11)12-7-8-12/h1-4,10-12,14H,5-9,18H2,(H,19,20). The average molecular weight is 267 g/mol. The number of nitrogens with two attached hydrogens (primary N) is 1. The van der Waals surface area contributed by atoms with E-state index in [1.165, 1.54) is 25.7 Å². The molecule has 20 heavy (non-hydrogen) atoms. The summed E-state index contributed by atoms with van der Waals surface area (Å²) in [6, 6.07) is 8.21. The summed E-state index contributed by atoms with van der Waals surface area (Å²) in [6.07, 6.45) is 7.48. The van der Waals surface area contributed by atoms with Crippen LogP contribution in [0, 0.1) is 17.8 Å². The van der Waals surface area contributed by atoms with Gasteiger partial charge < -0.3 is 11.1 Å². The first-order chi connectivity index (χ1) is 9.83. The zero-order valence-electron chi connectivity index (χ0n) is 11.7. The minimum absolute atomic E-state index is 0.758. The highest BCUT2D eigenvalue weighted by atomic mass is 14.9. The number of nitrogens with zero attached hydrogens (tertiary/aromatic N) is 1. The Kier molecular flexibility index (Phi) is 2.79. The predicted molar refractivity (Wildman–Crippen MR) is 83.6 cm³/mol. The maximum absolute atomic E-state index is 6.13. The van der Waals surface area contributed by atoms with Crippen molar-refractivity contribution in [3.05, 3.63) is 30.5 Å². The van der Waals surface area contributed by atoms with E-state index in [1.807, 2.05) is 18.2 Å². The van der Waals surface area contributed by atoms with Crippen LogP contribution in [0.2, 0.25) is 0 Å². The number of rotatable bonds is 5. The van der Waals surface area contributed by atoms with Gasteiger partial charge in [-0.3, -0.25) is 4.98 Å². The Morgan fingerprint density at radius 3 is 2.55 bits per heavy atom. The first kappa shape index (κ1) is 12.0. The molecule has 2 aliphatic rings. The Labute approximate surface area is 119 Å². The number of aromatic nitrogens is 1. The lowest BCUT2D eigenvalue weighted by Gasteiger charge is -2.19. The SMILES string of the molecule is Nc1cnc2ccccc2c1NCC(C1CC1)C1CC1. The Balaban J connectivity index is 1.59. The molecule has 3 heteroatoms. The molecule has 0 amide bonds. The van der Waals surface area contributed by atoms with E-state index in [0.717, 1.165) is 46.6 Å². The molecule has 0 spiro atoms. The summed E-state index contributed by atoms with van der Waals surface area (Å²) in [7, 11) is 0. The van der Waals surface area contributed by atoms with Crippen LogP contribution < -0.4 is 11.1 Å². The third-order valence-electron chi connectivity index (χ3n) is 4.77. The van der Waals surface area contributed by atoms with Gasteiger partial charge >= 0.3 is 0 Å². The number of pyridine rings is 1. The van der Waals surface area contributed by atoms with E-state index in [9.17, 15) is 0 Å². The number of para-hydroxylation sites is 1. The van der Waals surface area contributed by atoms with E-state index in [4.69, 9.17) is 5.73 Å². The molecule has 0 saturated heterocycles. The van der Waals surface area contributed by atoms with Crippen LogP contribution in [0.15, 0.2) is 30.5 Å². The van der Waals surface area contributed by atoms with E-state index >= 15 is 0 Å². The predicted octanol–water partition coefficient (Wildman–Crippen LogP) is 3.67. The molecule has 0 radical (unpaired) electrons. The molecule has 1 aromatic carbocycles. The maximum Gasteiger partial charge on any atom is 0.0743 e. The van der Waals surface area contributed by atoms with Gasteiger partial charge in [-0.15, -0.1) is 0 Å². The topological polar surface area (TPSA) is 50.9 Å². The van der Waals surface area contributed by atoms with Crippen LogP contribution in [-0.2, 0) is 0 Å². The molecule has 0 aliphatic heterocycles. The van der Waals surface area contributed by atoms with Gasteiger partial charge in [-0.1, -0.05) is 18.2 Å². The van der Waals surface area contributed by atoms with E-state index in [-0.39, 0.29) is 0 Å². The largest absolute Gasteiger partial charge is 0.396 e. The summed E-state index contributed by atoms with van der Waals surface area (Å²) in [4.78, 5) is 4.40. The van der Waals surface area contributed by atoms with Gasteiger partial charge in [0.2, 0.25) is 0 Å². The Morgan fingerprint density at radius 2 is 1.85 bits per heavy atom. The van der Waals surface area contributed by atoms with Gasteiger partial charge in [-0.05, 0) is 49.5 Å². The fraction of sp³-hybridized carbons (Fsp3) is 0.471. The van der Waals surface area contributed by atoms with Crippen LogP contribution >= 0.6 is 0 Å². The van der Waals surface area contributed by atoms with Crippen molar-refractivity contribution < 1.29 is 0 Å². The van der Waals surface area contributed by atoms with Crippen molar-refractivity contribution in [2.24, 2.45) is 17.8 Å². The molecular weight excluding hydrogens is 246 g/mol. The summed E-state index contributed by atoms with van der Waals surface area (Å²) in [5, 5.41) is 4.77. The van der Waals surface area contributed by atoms with E-state index in [0.29, 0.717) is 0 Å². The molecule has 0 unspecified atom stereocenters. The Bertz CT molecular complexity index is 617. The van der Waals surface area contributed by atoms with E-state index < -0.39 is 0 Å². The molecule has 2 fully saturated rings. The van der Waals surface area contributed by atoms with Gasteiger partial charge in [0.25, 0.3) is 0 Å². The summed E-state index contributed by atoms with van der Waals surface area (Å²) in [5.74, 6) is 2.77. The number of hydrogen-bond acceptors (Lipinski definition) is 3. The molecule has 3 nitrogen and oxygen atoms in total. The summed E-state index contributed by atoms with van der Waals surface area (Å²) in [5.41, 5.74) is 8.97. The number of anilines is 2. The molecule has 1 aromatic heterocycles. The lowest BCUT2D eigenvalue weighted by molar-refractivity contribution is 0.428. The molecule has 0 atom stereocenters. The lowest BCUT2D eigenvalue weighted by atomic mass is 9.97. The number of nitrogens with one attached hydrogen (secondary N) is 1. The highest BCUT2D eigenvalue weighted by molar-refractivity contribution is 5.96. The number of fused-ring (bicyclic) bond motifs is 1. The first-order valence-electron chi connectivity index (χ1n) is 7.70. The first-order valence-corrected chi connectivity index (χ1v) is 7.70. The second-order valence-electron chi connectivity index (χ2n) is 6.33. The number of nitrogen functional groups attached to an aromatic ring is 1. The van der Waals surface area contributed by atoms with Crippen molar-refractivity contribution in [3.63, 3.8) is 0 Å². The second kappa shape index (κ2) is 4.65. The minimum atomic E-state index is 0.758. The Morgan fingerprint density at radius 1 is 1.15 bits per heavy atom.